The van der Waals surface area contributed by atoms with Crippen molar-refractivity contribution in [2.24, 2.45) is 0 Å². The van der Waals surface area contributed by atoms with Crippen LogP contribution in [0.2, 0.25) is 0 Å². The van der Waals surface area contributed by atoms with Gasteiger partial charge < -0.3 is 18.9 Å². The molecule has 1 unspecified atom stereocenters. The molecule has 2 aliphatic rings. The lowest BCUT2D eigenvalue weighted by Crippen LogP contribution is -2.21. The molecule has 2 aliphatic heterocycles. The van der Waals surface area contributed by atoms with Crippen LogP contribution in [0.4, 0.5) is 0 Å². The molecule has 0 aliphatic carbocycles. The standard InChI is InChI=1S/C26H20O6/c1-29-17-9-7-15(8-10-17)19-14-23(27)31-21-12-11-18-25(28)22(32-26(18)24(19)21)13-16-5-3-4-6-20(16)30-2/h3-13,19H,14H2,1-2H3. The predicted molar refractivity (Wildman–Crippen MR) is 117 cm³/mol. The van der Waals surface area contributed by atoms with E-state index in [0.29, 0.717) is 28.4 Å². The van der Waals surface area contributed by atoms with Gasteiger partial charge in [0.1, 0.15) is 23.0 Å². The number of carbonyl (C=O) groups excluding carboxylic acids is 2. The third-order valence-corrected chi connectivity index (χ3v) is 5.72. The van der Waals surface area contributed by atoms with Crippen LogP contribution < -0.4 is 18.9 Å². The highest BCUT2D eigenvalue weighted by Crippen LogP contribution is 2.49. The number of para-hydroxylation sites is 1. The maximum Gasteiger partial charge on any atom is 0.312 e. The number of methoxy groups -OCH3 is 2. The SMILES string of the molecule is COc1ccc(C2CC(=O)Oc3ccc4c(c32)OC(=Cc2ccccc2OC)C4=O)cc1. The predicted octanol–water partition coefficient (Wildman–Crippen LogP) is 4.76. The molecule has 1 atom stereocenters. The van der Waals surface area contributed by atoms with Gasteiger partial charge in [-0.2, -0.15) is 0 Å². The molecule has 0 radical (unpaired) electrons. The first-order valence-corrected chi connectivity index (χ1v) is 10.2. The highest BCUT2D eigenvalue weighted by molar-refractivity contribution is 6.15. The molecular formula is C26H20O6. The molecule has 0 saturated carbocycles. The van der Waals surface area contributed by atoms with E-state index in [0.717, 1.165) is 16.9 Å². The largest absolute Gasteiger partial charge is 0.497 e. The average Bonchev–Trinajstić information content (AvgIpc) is 3.14. The van der Waals surface area contributed by atoms with Crippen molar-refractivity contribution in [1.29, 1.82) is 0 Å². The van der Waals surface area contributed by atoms with Crippen molar-refractivity contribution >= 4 is 17.8 Å². The minimum Gasteiger partial charge on any atom is -0.497 e. The highest BCUT2D eigenvalue weighted by Gasteiger charge is 2.38. The van der Waals surface area contributed by atoms with E-state index in [9.17, 15) is 9.59 Å². The Morgan fingerprint density at radius 1 is 0.906 bits per heavy atom. The van der Waals surface area contributed by atoms with Gasteiger partial charge in [-0.3, -0.25) is 9.59 Å². The zero-order valence-electron chi connectivity index (χ0n) is 17.6. The van der Waals surface area contributed by atoms with E-state index in [1.807, 2.05) is 48.5 Å². The summed E-state index contributed by atoms with van der Waals surface area (Å²) < 4.78 is 22.2. The summed E-state index contributed by atoms with van der Waals surface area (Å²) in [6.07, 6.45) is 1.82. The van der Waals surface area contributed by atoms with Gasteiger partial charge in [0.15, 0.2) is 5.76 Å². The Morgan fingerprint density at radius 3 is 2.44 bits per heavy atom. The number of ether oxygens (including phenoxy) is 4. The second-order valence-electron chi connectivity index (χ2n) is 7.54. The summed E-state index contributed by atoms with van der Waals surface area (Å²) in [5.74, 6) is 1.55. The molecule has 3 aromatic carbocycles. The number of hydrogen-bond donors (Lipinski definition) is 0. The number of esters is 1. The number of Topliss-reactive ketones (excluding diaryl/α,β-unsaturated/α-hetero) is 1. The minimum absolute atomic E-state index is 0.152. The molecule has 2 heterocycles. The molecule has 0 fully saturated rings. The molecule has 6 heteroatoms. The zero-order valence-corrected chi connectivity index (χ0v) is 17.6. The Kier molecular flexibility index (Phi) is 4.90. The molecule has 3 aromatic rings. The van der Waals surface area contributed by atoms with E-state index in [4.69, 9.17) is 18.9 Å². The molecule has 6 nitrogen and oxygen atoms in total. The zero-order chi connectivity index (χ0) is 22.2. The summed E-state index contributed by atoms with van der Waals surface area (Å²) in [6, 6.07) is 18.2. The number of allylic oxidation sites excluding steroid dienone is 1. The van der Waals surface area contributed by atoms with Gasteiger partial charge in [0.2, 0.25) is 5.78 Å². The average molecular weight is 428 g/mol. The Bertz CT molecular complexity index is 1260. The minimum atomic E-state index is -0.327. The molecule has 0 aromatic heterocycles. The quantitative estimate of drug-likeness (QED) is 0.339. The molecule has 0 bridgehead atoms. The Morgan fingerprint density at radius 2 is 1.69 bits per heavy atom. The fourth-order valence-corrected chi connectivity index (χ4v) is 4.15. The summed E-state index contributed by atoms with van der Waals surface area (Å²) in [4.78, 5) is 25.4. The van der Waals surface area contributed by atoms with Crippen LogP contribution in [0.25, 0.3) is 6.08 Å². The first-order chi connectivity index (χ1) is 15.6. The van der Waals surface area contributed by atoms with Crippen molar-refractivity contribution in [2.75, 3.05) is 14.2 Å². The van der Waals surface area contributed by atoms with Crippen LogP contribution in [0.5, 0.6) is 23.0 Å². The van der Waals surface area contributed by atoms with Crippen molar-refractivity contribution in [1.82, 2.24) is 0 Å². The maximum atomic E-state index is 13.1. The summed E-state index contributed by atoms with van der Waals surface area (Å²) in [6.45, 7) is 0. The van der Waals surface area contributed by atoms with E-state index in [1.165, 1.54) is 0 Å². The Labute approximate surface area is 185 Å². The van der Waals surface area contributed by atoms with Crippen molar-refractivity contribution in [3.63, 3.8) is 0 Å². The summed E-state index contributed by atoms with van der Waals surface area (Å²) >= 11 is 0. The fraction of sp³-hybridized carbons (Fsp3) is 0.154. The molecule has 0 saturated heterocycles. The van der Waals surface area contributed by atoms with Crippen LogP contribution in [0, 0.1) is 0 Å². The summed E-state index contributed by atoms with van der Waals surface area (Å²) in [7, 11) is 3.18. The highest BCUT2D eigenvalue weighted by atomic mass is 16.5. The Hall–Kier alpha value is -4.06. The third kappa shape index (κ3) is 3.30. The van der Waals surface area contributed by atoms with Gasteiger partial charge in [-0.15, -0.1) is 0 Å². The smallest absolute Gasteiger partial charge is 0.312 e. The van der Waals surface area contributed by atoms with Crippen LogP contribution in [0.3, 0.4) is 0 Å². The van der Waals surface area contributed by atoms with E-state index in [2.05, 4.69) is 0 Å². The van der Waals surface area contributed by atoms with E-state index in [-0.39, 0.29) is 29.9 Å². The van der Waals surface area contributed by atoms with E-state index in [1.54, 1.807) is 32.4 Å². The van der Waals surface area contributed by atoms with E-state index < -0.39 is 0 Å². The summed E-state index contributed by atoms with van der Waals surface area (Å²) in [5, 5.41) is 0. The van der Waals surface area contributed by atoms with Crippen molar-refractivity contribution in [2.45, 2.75) is 12.3 Å². The molecular weight excluding hydrogens is 408 g/mol. The van der Waals surface area contributed by atoms with Crippen molar-refractivity contribution in [3.05, 3.63) is 88.7 Å². The third-order valence-electron chi connectivity index (χ3n) is 5.72. The first-order valence-electron chi connectivity index (χ1n) is 10.2. The van der Waals surface area contributed by atoms with Crippen LogP contribution in [-0.4, -0.2) is 26.0 Å². The van der Waals surface area contributed by atoms with Gasteiger partial charge in [0, 0.05) is 17.0 Å². The van der Waals surface area contributed by atoms with Crippen molar-refractivity contribution < 1.29 is 28.5 Å². The molecule has 0 amide bonds. The molecule has 32 heavy (non-hydrogen) atoms. The normalized spacial score (nSPS) is 17.9. The van der Waals surface area contributed by atoms with Crippen LogP contribution >= 0.6 is 0 Å². The molecule has 0 spiro atoms. The lowest BCUT2D eigenvalue weighted by Gasteiger charge is -2.26. The van der Waals surface area contributed by atoms with Gasteiger partial charge in [-0.25, -0.2) is 0 Å². The number of carbonyl (C=O) groups is 2. The monoisotopic (exact) mass is 428 g/mol. The second-order valence-corrected chi connectivity index (χ2v) is 7.54. The lowest BCUT2D eigenvalue weighted by molar-refractivity contribution is -0.135. The van der Waals surface area contributed by atoms with Gasteiger partial charge in [0.05, 0.1) is 26.2 Å². The van der Waals surface area contributed by atoms with Gasteiger partial charge >= 0.3 is 5.97 Å². The number of benzene rings is 3. The van der Waals surface area contributed by atoms with Crippen LogP contribution in [0.15, 0.2) is 66.4 Å². The van der Waals surface area contributed by atoms with Gasteiger partial charge in [-0.1, -0.05) is 30.3 Å². The number of hydrogen-bond acceptors (Lipinski definition) is 6. The maximum absolute atomic E-state index is 13.1. The molecule has 160 valence electrons. The number of rotatable bonds is 4. The molecule has 0 N–H and O–H groups in total. The van der Waals surface area contributed by atoms with E-state index >= 15 is 0 Å². The van der Waals surface area contributed by atoms with Gasteiger partial charge in [-0.05, 0) is 42.0 Å². The van der Waals surface area contributed by atoms with Crippen molar-refractivity contribution in [3.8, 4) is 23.0 Å². The second kappa shape index (κ2) is 7.89. The fourth-order valence-electron chi connectivity index (χ4n) is 4.15. The lowest BCUT2D eigenvalue weighted by atomic mass is 9.84. The van der Waals surface area contributed by atoms with Crippen LogP contribution in [0.1, 0.15) is 39.4 Å². The van der Waals surface area contributed by atoms with Crippen LogP contribution in [-0.2, 0) is 4.79 Å². The molecule has 5 rings (SSSR count). The topological polar surface area (TPSA) is 71.1 Å². The van der Waals surface area contributed by atoms with Gasteiger partial charge in [0.25, 0.3) is 0 Å². The first kappa shape index (κ1) is 19.9. The summed E-state index contributed by atoms with van der Waals surface area (Å²) in [5.41, 5.74) is 2.79. The number of ketones is 1. The number of fused-ring (bicyclic) bond motifs is 3. The Balaban J connectivity index is 1.60.